The molecule has 1 aliphatic carbocycles. The molecule has 0 radical (unpaired) electrons. The molecule has 2 aromatic carbocycles. The Hall–Kier alpha value is -2.81. The molecule has 4 rings (SSSR count). The third-order valence-corrected chi connectivity index (χ3v) is 5.19. The van der Waals surface area contributed by atoms with Crippen molar-refractivity contribution in [3.63, 3.8) is 0 Å². The Balaban J connectivity index is 1.62. The molecule has 1 amide bonds. The van der Waals surface area contributed by atoms with Crippen molar-refractivity contribution in [2.24, 2.45) is 5.73 Å². The van der Waals surface area contributed by atoms with E-state index in [9.17, 15) is 10.1 Å². The van der Waals surface area contributed by atoms with Gasteiger partial charge in [0.25, 0.3) is 0 Å². The summed E-state index contributed by atoms with van der Waals surface area (Å²) in [5, 5.41) is 13.7. The standard InChI is InChI=1S/C20H17ClN4O/c21-18-15-3-1-2-4-16(15)25(17(18)11-22)14-7-5-13(6-8-14)12-24-19(26)20(23)9-10-20/h1-8H,9-10,12,23H2,(H,24,26). The van der Waals surface area contributed by atoms with Crippen molar-refractivity contribution in [2.75, 3.05) is 0 Å². The van der Waals surface area contributed by atoms with Crippen LogP contribution in [0.5, 0.6) is 0 Å². The summed E-state index contributed by atoms with van der Waals surface area (Å²) in [6.45, 7) is 0.427. The minimum atomic E-state index is -0.664. The zero-order chi connectivity index (χ0) is 18.3. The molecule has 0 bridgehead atoms. The normalized spacial score (nSPS) is 14.8. The third kappa shape index (κ3) is 2.74. The Morgan fingerprint density at radius 3 is 2.58 bits per heavy atom. The molecular weight excluding hydrogens is 348 g/mol. The maximum atomic E-state index is 11.9. The molecule has 3 N–H and O–H groups in total. The summed E-state index contributed by atoms with van der Waals surface area (Å²) in [6.07, 6.45) is 1.49. The second-order valence-corrected chi connectivity index (χ2v) is 7.01. The number of amides is 1. The van der Waals surface area contributed by atoms with Crippen molar-refractivity contribution in [3.05, 3.63) is 64.8 Å². The lowest BCUT2D eigenvalue weighted by molar-refractivity contribution is -0.123. The quantitative estimate of drug-likeness (QED) is 0.745. The van der Waals surface area contributed by atoms with Gasteiger partial charge in [0.2, 0.25) is 5.91 Å². The van der Waals surface area contributed by atoms with Gasteiger partial charge in [-0.25, -0.2) is 0 Å². The zero-order valence-corrected chi connectivity index (χ0v) is 14.8. The van der Waals surface area contributed by atoms with Gasteiger partial charge in [0.15, 0.2) is 0 Å². The van der Waals surface area contributed by atoms with Gasteiger partial charge in [-0.05, 0) is 36.6 Å². The van der Waals surface area contributed by atoms with Gasteiger partial charge in [-0.15, -0.1) is 0 Å². The van der Waals surface area contributed by atoms with E-state index in [-0.39, 0.29) is 5.91 Å². The van der Waals surface area contributed by atoms with Crippen LogP contribution in [0.4, 0.5) is 0 Å². The summed E-state index contributed by atoms with van der Waals surface area (Å²) >= 11 is 6.37. The fraction of sp³-hybridized carbons (Fsp3) is 0.200. The number of hydrogen-bond donors (Lipinski definition) is 2. The van der Waals surface area contributed by atoms with E-state index in [1.165, 1.54) is 0 Å². The highest BCUT2D eigenvalue weighted by molar-refractivity contribution is 6.37. The fourth-order valence-electron chi connectivity index (χ4n) is 3.05. The van der Waals surface area contributed by atoms with Crippen LogP contribution >= 0.6 is 11.6 Å². The van der Waals surface area contributed by atoms with Crippen LogP contribution in [0.3, 0.4) is 0 Å². The summed E-state index contributed by atoms with van der Waals surface area (Å²) < 4.78 is 1.85. The lowest BCUT2D eigenvalue weighted by atomic mass is 10.2. The van der Waals surface area contributed by atoms with E-state index < -0.39 is 5.54 Å². The van der Waals surface area contributed by atoms with Gasteiger partial charge in [0, 0.05) is 17.6 Å². The van der Waals surface area contributed by atoms with E-state index in [1.807, 2.05) is 53.1 Å². The predicted octanol–water partition coefficient (Wildman–Crippen LogP) is 3.26. The molecule has 1 aromatic heterocycles. The number of aromatic nitrogens is 1. The number of para-hydroxylation sites is 1. The summed E-state index contributed by atoms with van der Waals surface area (Å²) in [7, 11) is 0. The second-order valence-electron chi connectivity index (χ2n) is 6.63. The van der Waals surface area contributed by atoms with Gasteiger partial charge in [0.1, 0.15) is 11.8 Å². The number of fused-ring (bicyclic) bond motifs is 1. The molecular formula is C20H17ClN4O. The van der Waals surface area contributed by atoms with Gasteiger partial charge in [-0.2, -0.15) is 5.26 Å². The number of nitriles is 1. The average Bonchev–Trinajstić information content (AvgIpc) is 3.36. The Morgan fingerprint density at radius 2 is 1.92 bits per heavy atom. The molecule has 0 spiro atoms. The molecule has 1 fully saturated rings. The number of nitrogens with two attached hydrogens (primary N) is 1. The Bertz CT molecular complexity index is 1040. The average molecular weight is 365 g/mol. The summed E-state index contributed by atoms with van der Waals surface area (Å²) in [5.41, 5.74) is 8.32. The van der Waals surface area contributed by atoms with Gasteiger partial charge in [-0.3, -0.25) is 9.36 Å². The molecule has 0 unspecified atom stereocenters. The van der Waals surface area contributed by atoms with E-state index in [4.69, 9.17) is 17.3 Å². The van der Waals surface area contributed by atoms with Crippen LogP contribution in [0, 0.1) is 11.3 Å². The highest BCUT2D eigenvalue weighted by Crippen LogP contribution is 2.33. The van der Waals surface area contributed by atoms with Gasteiger partial charge >= 0.3 is 0 Å². The van der Waals surface area contributed by atoms with Crippen LogP contribution < -0.4 is 11.1 Å². The van der Waals surface area contributed by atoms with E-state index in [1.54, 1.807) is 0 Å². The number of nitrogens with one attached hydrogen (secondary N) is 1. The third-order valence-electron chi connectivity index (χ3n) is 4.81. The first kappa shape index (κ1) is 16.6. The predicted molar refractivity (Wildman–Crippen MR) is 101 cm³/mol. The number of nitrogens with zero attached hydrogens (tertiary/aromatic N) is 2. The van der Waals surface area contributed by atoms with Crippen LogP contribution in [-0.4, -0.2) is 16.0 Å². The number of benzene rings is 2. The molecule has 0 aliphatic heterocycles. The van der Waals surface area contributed by atoms with Crippen LogP contribution in [0.1, 0.15) is 24.1 Å². The first-order valence-corrected chi connectivity index (χ1v) is 8.77. The lowest BCUT2D eigenvalue weighted by Crippen LogP contribution is -2.42. The Morgan fingerprint density at radius 1 is 1.23 bits per heavy atom. The molecule has 0 saturated heterocycles. The number of carbonyl (C=O) groups excluding carboxylic acids is 1. The SMILES string of the molecule is N#Cc1c(Cl)c2ccccc2n1-c1ccc(CNC(=O)C2(N)CC2)cc1. The van der Waals surface area contributed by atoms with Gasteiger partial charge in [-0.1, -0.05) is 41.9 Å². The van der Waals surface area contributed by atoms with Crippen LogP contribution in [0.25, 0.3) is 16.6 Å². The number of halogens is 1. The summed E-state index contributed by atoms with van der Waals surface area (Å²) in [6, 6.07) is 17.5. The van der Waals surface area contributed by atoms with Crippen molar-refractivity contribution < 1.29 is 4.79 Å². The zero-order valence-electron chi connectivity index (χ0n) is 14.0. The highest BCUT2D eigenvalue weighted by atomic mass is 35.5. The number of rotatable bonds is 4. The maximum absolute atomic E-state index is 11.9. The molecule has 6 heteroatoms. The smallest absolute Gasteiger partial charge is 0.240 e. The van der Waals surface area contributed by atoms with Crippen molar-refractivity contribution in [3.8, 4) is 11.8 Å². The Labute approximate surface area is 156 Å². The number of hydrogen-bond acceptors (Lipinski definition) is 3. The summed E-state index contributed by atoms with van der Waals surface area (Å²) in [5.74, 6) is -0.100. The van der Waals surface area contributed by atoms with Gasteiger partial charge in [0.05, 0.1) is 16.1 Å². The van der Waals surface area contributed by atoms with Crippen molar-refractivity contribution in [1.29, 1.82) is 5.26 Å². The first-order chi connectivity index (χ1) is 12.5. The van der Waals surface area contributed by atoms with Crippen molar-refractivity contribution in [1.82, 2.24) is 9.88 Å². The largest absolute Gasteiger partial charge is 0.350 e. The minimum absolute atomic E-state index is 0.100. The molecule has 5 nitrogen and oxygen atoms in total. The molecule has 1 aliphatic rings. The highest BCUT2D eigenvalue weighted by Gasteiger charge is 2.45. The van der Waals surface area contributed by atoms with E-state index in [2.05, 4.69) is 11.4 Å². The molecule has 1 saturated carbocycles. The summed E-state index contributed by atoms with van der Waals surface area (Å²) in [4.78, 5) is 11.9. The minimum Gasteiger partial charge on any atom is -0.350 e. The Kier molecular flexibility index (Phi) is 3.95. The maximum Gasteiger partial charge on any atom is 0.240 e. The van der Waals surface area contributed by atoms with Gasteiger partial charge < -0.3 is 11.1 Å². The number of carbonyl (C=O) groups is 1. The molecule has 1 heterocycles. The first-order valence-electron chi connectivity index (χ1n) is 8.39. The van der Waals surface area contributed by atoms with Crippen molar-refractivity contribution >= 4 is 28.4 Å². The molecule has 26 heavy (non-hydrogen) atoms. The van der Waals surface area contributed by atoms with Crippen LogP contribution in [0.2, 0.25) is 5.02 Å². The molecule has 3 aromatic rings. The van der Waals surface area contributed by atoms with E-state index >= 15 is 0 Å². The molecule has 0 atom stereocenters. The second kappa shape index (κ2) is 6.17. The fourth-order valence-corrected chi connectivity index (χ4v) is 3.34. The monoisotopic (exact) mass is 364 g/mol. The van der Waals surface area contributed by atoms with Crippen molar-refractivity contribution in [2.45, 2.75) is 24.9 Å². The van der Waals surface area contributed by atoms with Crippen LogP contribution in [-0.2, 0) is 11.3 Å². The van der Waals surface area contributed by atoms with E-state index in [0.717, 1.165) is 35.0 Å². The lowest BCUT2D eigenvalue weighted by Gasteiger charge is -2.11. The van der Waals surface area contributed by atoms with E-state index in [0.29, 0.717) is 17.3 Å². The topological polar surface area (TPSA) is 83.8 Å². The molecule has 130 valence electrons. The van der Waals surface area contributed by atoms with Crippen LogP contribution in [0.15, 0.2) is 48.5 Å².